The van der Waals surface area contributed by atoms with Gasteiger partial charge in [0.25, 0.3) is 0 Å². The van der Waals surface area contributed by atoms with Gasteiger partial charge in [0.2, 0.25) is 0 Å². The third-order valence-corrected chi connectivity index (χ3v) is 26.9. The van der Waals surface area contributed by atoms with Crippen LogP contribution in [0.2, 0.25) is 0 Å². The lowest BCUT2D eigenvalue weighted by molar-refractivity contribution is 1.18. The average Bonchev–Trinajstić information content (AvgIpc) is 0.746. The summed E-state index contributed by atoms with van der Waals surface area (Å²) in [6.45, 7) is 0. The Morgan fingerprint density at radius 3 is 0.884 bits per heavy atom. The summed E-state index contributed by atoms with van der Waals surface area (Å²) >= 11 is 0. The number of benzene rings is 15. The van der Waals surface area contributed by atoms with E-state index in [1.807, 2.05) is 140 Å². The van der Waals surface area contributed by atoms with E-state index in [0.29, 0.717) is 5.82 Å². The molecule has 27 aromatic rings. The Kier molecular flexibility index (Phi) is 23.4. The van der Waals surface area contributed by atoms with Gasteiger partial charge in [-0.15, -0.1) is 0 Å². The van der Waals surface area contributed by atoms with Gasteiger partial charge >= 0.3 is 0 Å². The number of fused-ring (bicyclic) bond motifs is 12. The number of hydrogen-bond donors (Lipinski definition) is 0. The normalized spacial score (nSPS) is 11.3. The Labute approximate surface area is 842 Å². The molecular formula is C133H85N13. The molecule has 0 fully saturated rings. The first-order valence-corrected chi connectivity index (χ1v) is 48.7. The topological polar surface area (TPSA) is 168 Å². The summed E-state index contributed by atoms with van der Waals surface area (Å²) in [6, 6.07) is 164. The fourth-order valence-electron chi connectivity index (χ4n) is 19.8. The van der Waals surface area contributed by atoms with Gasteiger partial charge in [-0.3, -0.25) is 24.9 Å². The summed E-state index contributed by atoms with van der Waals surface area (Å²) in [5.74, 6) is 0.708. The van der Waals surface area contributed by atoms with Gasteiger partial charge < -0.3 is 0 Å². The summed E-state index contributed by atoms with van der Waals surface area (Å²) in [4.78, 5) is 63.5. The molecule has 12 aromatic heterocycles. The van der Waals surface area contributed by atoms with E-state index in [2.05, 4.69) is 377 Å². The quantitative estimate of drug-likeness (QED) is 0.0839. The Morgan fingerprint density at radius 2 is 0.473 bits per heavy atom. The summed E-state index contributed by atoms with van der Waals surface area (Å²) in [5.41, 5.74) is 35.9. The van der Waals surface area contributed by atoms with E-state index in [9.17, 15) is 0 Å². The standard InChI is InChI=1S/C46H30N4.C45H29N5.C42H26N4/c1-4-12-32(13-5-1)38-19-10-20-39-44(38)40-28-36(25-26-41(40)48-45(39)37-18-11-27-47-30-37)31-21-23-34(24-22-31)43-29-42(33-14-6-2-7-15-33)49-46(50-43)35-16-8-3-9-17-35;1-2-10-32(11-3-1)36-13-8-14-37-44(36)38-26-33(21-22-39(38)50-45(37)34-12-9-23-46-29-34)30-17-19-31(20-18-30)35-27-42(40-15-4-6-24-47-40)49-43(28-35)41-16-5-7-25-48-41;1-3-10-27(11-4-1)32-14-9-15-33-39(32)34-26-31(21-24-37(34)46-42(33)38-16-7-8-25-43-38)36-23-20-30-18-17-29-19-22-35(28-12-5-2-6-13-28)44-40(29)41(30)45-36/h1-30H;1-29H;1-26H. The van der Waals surface area contributed by atoms with Gasteiger partial charge in [0.05, 0.1) is 95.9 Å². The number of hydrogen-bond acceptors (Lipinski definition) is 13. The van der Waals surface area contributed by atoms with Crippen molar-refractivity contribution >= 4 is 86.8 Å². The van der Waals surface area contributed by atoms with E-state index in [0.717, 1.165) is 228 Å². The van der Waals surface area contributed by atoms with Crippen LogP contribution in [-0.2, 0) is 0 Å². The average molecular weight is 1870 g/mol. The van der Waals surface area contributed by atoms with Crippen LogP contribution in [0.5, 0.6) is 0 Å². The van der Waals surface area contributed by atoms with Crippen LogP contribution in [0, 0.1) is 0 Å². The monoisotopic (exact) mass is 1860 g/mol. The summed E-state index contributed by atoms with van der Waals surface area (Å²) in [6.07, 6.45) is 12.8. The molecule has 15 aromatic carbocycles. The fraction of sp³-hybridized carbons (Fsp3) is 0. The maximum absolute atomic E-state index is 5.25. The first-order chi connectivity index (χ1) is 72.4. The molecule has 0 aliphatic rings. The van der Waals surface area contributed by atoms with Crippen molar-refractivity contribution in [2.75, 3.05) is 0 Å². The third-order valence-electron chi connectivity index (χ3n) is 26.9. The molecule has 0 unspecified atom stereocenters. The van der Waals surface area contributed by atoms with Crippen LogP contribution in [-0.4, -0.2) is 64.8 Å². The number of rotatable bonds is 16. The van der Waals surface area contributed by atoms with E-state index >= 15 is 0 Å². The summed E-state index contributed by atoms with van der Waals surface area (Å²) in [7, 11) is 0. The second-order valence-electron chi connectivity index (χ2n) is 35.9. The van der Waals surface area contributed by atoms with Crippen LogP contribution in [0.15, 0.2) is 517 Å². The third kappa shape index (κ3) is 17.5. The molecule has 13 nitrogen and oxygen atoms in total. The highest BCUT2D eigenvalue weighted by Gasteiger charge is 2.24. The van der Waals surface area contributed by atoms with E-state index in [-0.39, 0.29) is 0 Å². The van der Waals surface area contributed by atoms with Gasteiger partial charge in [-0.25, -0.2) is 39.9 Å². The van der Waals surface area contributed by atoms with E-state index in [4.69, 9.17) is 39.9 Å². The highest BCUT2D eigenvalue weighted by Crippen LogP contribution is 2.46. The van der Waals surface area contributed by atoms with Crippen molar-refractivity contribution in [1.29, 1.82) is 0 Å². The number of aromatic nitrogens is 13. The first-order valence-electron chi connectivity index (χ1n) is 48.7. The Morgan fingerprint density at radius 1 is 0.144 bits per heavy atom. The molecule has 0 spiro atoms. The van der Waals surface area contributed by atoms with Crippen LogP contribution in [0.1, 0.15) is 0 Å². The predicted octanol–water partition coefficient (Wildman–Crippen LogP) is 33.1. The molecule has 12 heterocycles. The van der Waals surface area contributed by atoms with Gasteiger partial charge in [-0.1, -0.05) is 346 Å². The molecule has 0 atom stereocenters. The minimum Gasteiger partial charge on any atom is -0.264 e. The van der Waals surface area contributed by atoms with Crippen LogP contribution in [0.3, 0.4) is 0 Å². The summed E-state index contributed by atoms with van der Waals surface area (Å²) in [5, 5.41) is 12.2. The lowest BCUT2D eigenvalue weighted by Crippen LogP contribution is -1.95. The molecule has 0 amide bonds. The van der Waals surface area contributed by atoms with Gasteiger partial charge in [0.15, 0.2) is 5.82 Å². The van der Waals surface area contributed by atoms with Crippen molar-refractivity contribution in [2.24, 2.45) is 0 Å². The molecule has 0 aliphatic heterocycles. The number of nitrogens with zero attached hydrogens (tertiary/aromatic N) is 13. The molecule has 146 heavy (non-hydrogen) atoms. The van der Waals surface area contributed by atoms with Crippen molar-refractivity contribution in [3.05, 3.63) is 517 Å². The molecular weight excluding hydrogens is 1780 g/mol. The Hall–Kier alpha value is -19.9. The zero-order valence-electron chi connectivity index (χ0n) is 78.9. The molecule has 0 bridgehead atoms. The maximum atomic E-state index is 5.25. The van der Waals surface area contributed by atoms with Crippen molar-refractivity contribution < 1.29 is 0 Å². The smallest absolute Gasteiger partial charge is 0.160 e. The van der Waals surface area contributed by atoms with E-state index in [1.54, 1.807) is 24.8 Å². The minimum absolute atomic E-state index is 0.708. The predicted molar refractivity (Wildman–Crippen MR) is 598 cm³/mol. The van der Waals surface area contributed by atoms with Gasteiger partial charge in [-0.05, 0) is 194 Å². The SMILES string of the molecule is c1ccc(-c2cc(-c3ccc(-c4ccc5nc(-c6cccnc6)c6cccc(-c7ccccc7)c6c5c4)cc3)nc(-c3ccccc3)n2)cc1.c1ccc(-c2ccc3ccc4ccc(-c5ccc6nc(-c7ccccn7)c7cccc(-c8ccccc8)c7c6c5)nc4c3n2)cc1.c1ccc(-c2cccc3c(-c4cccnc4)nc4ccc(-c5ccc(-c6cc(-c7ccccn7)nc(-c7ccccn7)c6)cc5)cc4c23)cc1. The van der Waals surface area contributed by atoms with E-state index < -0.39 is 0 Å². The van der Waals surface area contributed by atoms with Gasteiger partial charge in [0.1, 0.15) is 0 Å². The van der Waals surface area contributed by atoms with Crippen molar-refractivity contribution in [2.45, 2.75) is 0 Å². The van der Waals surface area contributed by atoms with Crippen molar-refractivity contribution in [3.8, 4) is 180 Å². The number of pyridine rings is 11. The molecule has 0 radical (unpaired) electrons. The lowest BCUT2D eigenvalue weighted by atomic mass is 9.91. The van der Waals surface area contributed by atoms with Crippen molar-refractivity contribution in [1.82, 2.24) is 64.8 Å². The minimum atomic E-state index is 0.708. The van der Waals surface area contributed by atoms with Crippen LogP contribution in [0.25, 0.3) is 267 Å². The zero-order valence-corrected chi connectivity index (χ0v) is 78.9. The molecule has 682 valence electrons. The highest BCUT2D eigenvalue weighted by atomic mass is 14.9. The van der Waals surface area contributed by atoms with Crippen LogP contribution in [0.4, 0.5) is 0 Å². The van der Waals surface area contributed by atoms with E-state index in [1.165, 1.54) is 33.0 Å². The highest BCUT2D eigenvalue weighted by molar-refractivity contribution is 6.21. The Bertz CT molecular complexity index is 9040. The molecule has 0 saturated carbocycles. The van der Waals surface area contributed by atoms with Gasteiger partial charge in [0, 0.05) is 142 Å². The fourth-order valence-corrected chi connectivity index (χ4v) is 19.8. The van der Waals surface area contributed by atoms with Gasteiger partial charge in [-0.2, -0.15) is 0 Å². The largest absolute Gasteiger partial charge is 0.264 e. The van der Waals surface area contributed by atoms with Crippen LogP contribution < -0.4 is 0 Å². The zero-order chi connectivity index (χ0) is 97.0. The van der Waals surface area contributed by atoms with Crippen molar-refractivity contribution in [3.63, 3.8) is 0 Å². The molecule has 0 aliphatic carbocycles. The second-order valence-corrected chi connectivity index (χ2v) is 35.9. The molecule has 13 heteroatoms. The molecule has 0 N–H and O–H groups in total. The molecule has 27 rings (SSSR count). The second kappa shape index (κ2) is 39.1. The Balaban J connectivity index is 0.000000114. The van der Waals surface area contributed by atoms with Crippen LogP contribution >= 0.6 is 0 Å². The maximum Gasteiger partial charge on any atom is 0.160 e. The summed E-state index contributed by atoms with van der Waals surface area (Å²) < 4.78 is 0. The lowest BCUT2D eigenvalue weighted by Gasteiger charge is -2.15. The first kappa shape index (κ1) is 87.6. The molecule has 0 saturated heterocycles.